The van der Waals surface area contributed by atoms with Crippen molar-refractivity contribution in [3.05, 3.63) is 35.4 Å². The van der Waals surface area contributed by atoms with Crippen LogP contribution < -0.4 is 4.74 Å². The number of ether oxygens (including phenoxy) is 2. The van der Waals surface area contributed by atoms with E-state index in [0.29, 0.717) is 12.4 Å². The SMILES string of the molecule is COCOc1cc(C/C=C/CO[Si](C)(C)C(C)(C)C)cc(C)c1O. The summed E-state index contributed by atoms with van der Waals surface area (Å²) in [4.78, 5) is 0. The molecule has 0 atom stereocenters. The Morgan fingerprint density at radius 1 is 1.17 bits per heavy atom. The van der Waals surface area contributed by atoms with E-state index >= 15 is 0 Å². The zero-order valence-electron chi connectivity index (χ0n) is 16.1. The number of methoxy groups -OCH3 is 1. The molecule has 4 nitrogen and oxygen atoms in total. The minimum atomic E-state index is -1.69. The van der Waals surface area contributed by atoms with E-state index in [2.05, 4.69) is 46.0 Å². The molecule has 136 valence electrons. The number of aryl methyl sites for hydroxylation is 1. The van der Waals surface area contributed by atoms with Gasteiger partial charge in [0.15, 0.2) is 26.6 Å². The maximum atomic E-state index is 10.0. The molecule has 0 aliphatic heterocycles. The first-order valence-electron chi connectivity index (χ1n) is 8.31. The summed E-state index contributed by atoms with van der Waals surface area (Å²) in [6.45, 7) is 13.8. The van der Waals surface area contributed by atoms with Crippen molar-refractivity contribution in [2.75, 3.05) is 20.5 Å². The molecular weight excluding hydrogens is 320 g/mol. The molecule has 0 aliphatic rings. The van der Waals surface area contributed by atoms with Gasteiger partial charge in [0.1, 0.15) is 0 Å². The Hall–Kier alpha value is -1.30. The first-order chi connectivity index (χ1) is 11.1. The highest BCUT2D eigenvalue weighted by Gasteiger charge is 2.36. The second-order valence-corrected chi connectivity index (χ2v) is 12.4. The second-order valence-electron chi connectivity index (χ2n) is 7.56. The molecule has 0 aromatic heterocycles. The van der Waals surface area contributed by atoms with Crippen molar-refractivity contribution < 1.29 is 19.0 Å². The molecule has 0 amide bonds. The van der Waals surface area contributed by atoms with Gasteiger partial charge >= 0.3 is 0 Å². The Morgan fingerprint density at radius 3 is 2.42 bits per heavy atom. The van der Waals surface area contributed by atoms with Gasteiger partial charge in [0.2, 0.25) is 0 Å². The van der Waals surface area contributed by atoms with E-state index in [1.165, 1.54) is 0 Å². The summed E-state index contributed by atoms with van der Waals surface area (Å²) in [5.74, 6) is 0.624. The van der Waals surface area contributed by atoms with Gasteiger partial charge in [-0.3, -0.25) is 0 Å². The topological polar surface area (TPSA) is 47.9 Å². The van der Waals surface area contributed by atoms with Crippen LogP contribution in [-0.4, -0.2) is 33.9 Å². The lowest BCUT2D eigenvalue weighted by Gasteiger charge is -2.35. The Labute approximate surface area is 147 Å². The first kappa shape index (κ1) is 20.7. The lowest BCUT2D eigenvalue weighted by molar-refractivity contribution is 0.0491. The predicted octanol–water partition coefficient (Wildman–Crippen LogP) is 4.80. The van der Waals surface area contributed by atoms with Crippen LogP contribution in [0.4, 0.5) is 0 Å². The number of hydrogen-bond acceptors (Lipinski definition) is 4. The third-order valence-corrected chi connectivity index (χ3v) is 9.03. The first-order valence-corrected chi connectivity index (χ1v) is 11.2. The van der Waals surface area contributed by atoms with Crippen LogP contribution in [0.25, 0.3) is 0 Å². The molecule has 24 heavy (non-hydrogen) atoms. The highest BCUT2D eigenvalue weighted by Crippen LogP contribution is 2.36. The normalized spacial score (nSPS) is 12.8. The number of hydrogen-bond donors (Lipinski definition) is 1. The molecule has 0 saturated carbocycles. The Morgan fingerprint density at radius 2 is 1.83 bits per heavy atom. The molecule has 0 bridgehead atoms. The van der Waals surface area contributed by atoms with Crippen molar-refractivity contribution in [3.8, 4) is 11.5 Å². The van der Waals surface area contributed by atoms with Crippen molar-refractivity contribution >= 4 is 8.32 Å². The van der Waals surface area contributed by atoms with Crippen molar-refractivity contribution in [2.24, 2.45) is 0 Å². The smallest absolute Gasteiger partial charge is 0.192 e. The van der Waals surface area contributed by atoms with E-state index in [4.69, 9.17) is 13.9 Å². The lowest BCUT2D eigenvalue weighted by atomic mass is 10.1. The van der Waals surface area contributed by atoms with E-state index in [-0.39, 0.29) is 17.6 Å². The average molecular weight is 353 g/mol. The Balaban J connectivity index is 2.63. The summed E-state index contributed by atoms with van der Waals surface area (Å²) in [7, 11) is -0.138. The molecule has 1 aromatic rings. The van der Waals surface area contributed by atoms with E-state index in [1.807, 2.05) is 19.1 Å². The van der Waals surface area contributed by atoms with Gasteiger partial charge in [0, 0.05) is 7.11 Å². The Bertz CT molecular complexity index is 559. The van der Waals surface area contributed by atoms with Gasteiger partial charge in [-0.1, -0.05) is 39.0 Å². The van der Waals surface area contributed by atoms with Crippen LogP contribution in [0, 0.1) is 6.92 Å². The molecule has 1 rings (SSSR count). The fourth-order valence-corrected chi connectivity index (χ4v) is 2.88. The van der Waals surface area contributed by atoms with Crippen LogP contribution in [0.2, 0.25) is 18.1 Å². The molecule has 0 unspecified atom stereocenters. The number of phenols is 1. The van der Waals surface area contributed by atoms with E-state index in [0.717, 1.165) is 17.5 Å². The molecule has 0 fully saturated rings. The van der Waals surface area contributed by atoms with Crippen molar-refractivity contribution in [1.29, 1.82) is 0 Å². The van der Waals surface area contributed by atoms with Crippen LogP contribution in [0.3, 0.4) is 0 Å². The number of allylic oxidation sites excluding steroid dienone is 1. The summed E-state index contributed by atoms with van der Waals surface area (Å²) in [5, 5.41) is 10.2. The maximum absolute atomic E-state index is 10.0. The largest absolute Gasteiger partial charge is 0.504 e. The van der Waals surface area contributed by atoms with Gasteiger partial charge in [-0.25, -0.2) is 0 Å². The zero-order valence-corrected chi connectivity index (χ0v) is 17.1. The minimum Gasteiger partial charge on any atom is -0.504 e. The van der Waals surface area contributed by atoms with Crippen LogP contribution >= 0.6 is 0 Å². The van der Waals surface area contributed by atoms with Gasteiger partial charge in [-0.15, -0.1) is 0 Å². The van der Waals surface area contributed by atoms with Crippen LogP contribution in [0.15, 0.2) is 24.3 Å². The number of aromatic hydroxyl groups is 1. The summed E-state index contributed by atoms with van der Waals surface area (Å²) < 4.78 is 16.4. The minimum absolute atomic E-state index is 0.118. The fourth-order valence-electron chi connectivity index (χ4n) is 1.93. The number of benzene rings is 1. The molecular formula is C19H32O4Si. The van der Waals surface area contributed by atoms with E-state index in [1.54, 1.807) is 7.11 Å². The fraction of sp³-hybridized carbons (Fsp3) is 0.579. The van der Waals surface area contributed by atoms with Gasteiger partial charge in [0.05, 0.1) is 6.61 Å². The van der Waals surface area contributed by atoms with Crippen molar-refractivity contribution in [1.82, 2.24) is 0 Å². The molecule has 0 spiro atoms. The molecule has 1 N–H and O–H groups in total. The van der Waals surface area contributed by atoms with Gasteiger partial charge in [-0.2, -0.15) is 0 Å². The molecule has 5 heteroatoms. The molecule has 0 aliphatic carbocycles. The summed E-state index contributed by atoms with van der Waals surface area (Å²) in [6.07, 6.45) is 4.93. The van der Waals surface area contributed by atoms with Gasteiger partial charge in [0.25, 0.3) is 0 Å². The highest BCUT2D eigenvalue weighted by atomic mass is 28.4. The highest BCUT2D eigenvalue weighted by molar-refractivity contribution is 6.74. The molecule has 0 saturated heterocycles. The molecule has 0 radical (unpaired) electrons. The average Bonchev–Trinajstić information content (AvgIpc) is 2.47. The lowest BCUT2D eigenvalue weighted by Crippen LogP contribution is -2.40. The van der Waals surface area contributed by atoms with Crippen LogP contribution in [-0.2, 0) is 15.6 Å². The van der Waals surface area contributed by atoms with Gasteiger partial charge < -0.3 is 19.0 Å². The third kappa shape index (κ3) is 5.96. The second kappa shape index (κ2) is 8.69. The predicted molar refractivity (Wildman–Crippen MR) is 101 cm³/mol. The third-order valence-electron chi connectivity index (χ3n) is 4.52. The monoisotopic (exact) mass is 352 g/mol. The van der Waals surface area contributed by atoms with Crippen molar-refractivity contribution in [2.45, 2.75) is 52.2 Å². The van der Waals surface area contributed by atoms with Crippen LogP contribution in [0.1, 0.15) is 31.9 Å². The van der Waals surface area contributed by atoms with Crippen LogP contribution in [0.5, 0.6) is 11.5 Å². The number of rotatable bonds is 8. The molecule has 0 heterocycles. The zero-order chi connectivity index (χ0) is 18.4. The summed E-state index contributed by atoms with van der Waals surface area (Å²) in [6, 6.07) is 3.81. The van der Waals surface area contributed by atoms with Crippen molar-refractivity contribution in [3.63, 3.8) is 0 Å². The maximum Gasteiger partial charge on any atom is 0.192 e. The van der Waals surface area contributed by atoms with Gasteiger partial charge in [-0.05, 0) is 48.7 Å². The standard InChI is InChI=1S/C19H32O4Si/c1-15-12-16(13-17(18(15)20)22-14-21-5)10-8-9-11-23-24(6,7)19(2,3)4/h8-9,12-13,20H,10-11,14H2,1-7H3/b9-8+. The summed E-state index contributed by atoms with van der Waals surface area (Å²) in [5.41, 5.74) is 1.88. The summed E-state index contributed by atoms with van der Waals surface area (Å²) >= 11 is 0. The number of phenolic OH excluding ortho intramolecular Hbond substituents is 1. The quantitative estimate of drug-likeness (QED) is 0.414. The van der Waals surface area contributed by atoms with E-state index in [9.17, 15) is 5.11 Å². The molecule has 1 aromatic carbocycles. The Kier molecular flexibility index (Phi) is 7.51. The van der Waals surface area contributed by atoms with E-state index < -0.39 is 8.32 Å².